The Bertz CT molecular complexity index is 911. The second-order valence-electron chi connectivity index (χ2n) is 8.31. The molecule has 0 saturated heterocycles. The van der Waals surface area contributed by atoms with E-state index >= 15 is 0 Å². The number of carbonyl (C=O) groups excluding carboxylic acids is 2. The average Bonchev–Trinajstić information content (AvgIpc) is 2.81. The molecule has 1 atom stereocenters. The third kappa shape index (κ3) is 6.49. The fourth-order valence-corrected chi connectivity index (χ4v) is 3.65. The first-order valence-corrected chi connectivity index (χ1v) is 11.5. The normalized spacial score (nSPS) is 13.3. The number of aryl methyl sites for hydroxylation is 2. The lowest BCUT2D eigenvalue weighted by Crippen LogP contribution is -2.47. The molecule has 0 fully saturated rings. The third-order valence-electron chi connectivity index (χ3n) is 5.70. The predicted octanol–water partition coefficient (Wildman–Crippen LogP) is 4.03. The SMILES string of the molecule is CCCCNC(=O)[C@@H](C)N(Cc1ccc(C)cc1)C(=O)CCc1ccc2c(c1)OCCO2. The molecule has 1 N–H and O–H groups in total. The highest BCUT2D eigenvalue weighted by Crippen LogP contribution is 2.31. The number of ether oxygens (including phenoxy) is 2. The van der Waals surface area contributed by atoms with Crippen molar-refractivity contribution in [3.05, 3.63) is 59.2 Å². The second-order valence-corrected chi connectivity index (χ2v) is 8.31. The van der Waals surface area contributed by atoms with Crippen molar-refractivity contribution < 1.29 is 19.1 Å². The van der Waals surface area contributed by atoms with E-state index in [2.05, 4.69) is 12.2 Å². The molecule has 0 saturated carbocycles. The largest absolute Gasteiger partial charge is 0.486 e. The first-order chi connectivity index (χ1) is 15.5. The van der Waals surface area contributed by atoms with Crippen LogP contribution in [0.2, 0.25) is 0 Å². The molecule has 2 aromatic rings. The number of benzene rings is 2. The quantitative estimate of drug-likeness (QED) is 0.569. The molecular formula is C26H34N2O4. The van der Waals surface area contributed by atoms with Gasteiger partial charge in [-0.15, -0.1) is 0 Å². The van der Waals surface area contributed by atoms with Crippen LogP contribution in [0.5, 0.6) is 11.5 Å². The predicted molar refractivity (Wildman–Crippen MR) is 125 cm³/mol. The molecule has 0 aromatic heterocycles. The van der Waals surface area contributed by atoms with Gasteiger partial charge in [0.25, 0.3) is 0 Å². The van der Waals surface area contributed by atoms with Gasteiger partial charge in [-0.2, -0.15) is 0 Å². The van der Waals surface area contributed by atoms with Crippen molar-refractivity contribution in [3.63, 3.8) is 0 Å². The van der Waals surface area contributed by atoms with Crippen molar-refractivity contribution in [3.8, 4) is 11.5 Å². The van der Waals surface area contributed by atoms with Gasteiger partial charge in [0.05, 0.1) is 0 Å². The minimum Gasteiger partial charge on any atom is -0.486 e. The number of nitrogens with zero attached hydrogens (tertiary/aromatic N) is 1. The van der Waals surface area contributed by atoms with Gasteiger partial charge >= 0.3 is 0 Å². The molecule has 1 aliphatic heterocycles. The van der Waals surface area contributed by atoms with E-state index in [-0.39, 0.29) is 11.8 Å². The maximum Gasteiger partial charge on any atom is 0.242 e. The summed E-state index contributed by atoms with van der Waals surface area (Å²) >= 11 is 0. The number of amides is 2. The van der Waals surface area contributed by atoms with Crippen molar-refractivity contribution >= 4 is 11.8 Å². The second kappa shape index (κ2) is 11.6. The third-order valence-corrected chi connectivity index (χ3v) is 5.70. The summed E-state index contributed by atoms with van der Waals surface area (Å²) in [5.41, 5.74) is 3.19. The van der Waals surface area contributed by atoms with Gasteiger partial charge < -0.3 is 19.7 Å². The van der Waals surface area contributed by atoms with E-state index in [9.17, 15) is 9.59 Å². The van der Waals surface area contributed by atoms with Crippen molar-refractivity contribution in [2.24, 2.45) is 0 Å². The summed E-state index contributed by atoms with van der Waals surface area (Å²) < 4.78 is 11.2. The van der Waals surface area contributed by atoms with Crippen LogP contribution in [0.3, 0.4) is 0 Å². The minimum atomic E-state index is -0.541. The first kappa shape index (κ1) is 23.6. The van der Waals surface area contributed by atoms with Gasteiger partial charge in [0.2, 0.25) is 11.8 Å². The monoisotopic (exact) mass is 438 g/mol. The van der Waals surface area contributed by atoms with E-state index < -0.39 is 6.04 Å². The maximum absolute atomic E-state index is 13.2. The van der Waals surface area contributed by atoms with Gasteiger partial charge in [0.15, 0.2) is 11.5 Å². The zero-order chi connectivity index (χ0) is 22.9. The summed E-state index contributed by atoms with van der Waals surface area (Å²) in [6.07, 6.45) is 2.83. The topological polar surface area (TPSA) is 67.9 Å². The highest BCUT2D eigenvalue weighted by atomic mass is 16.6. The van der Waals surface area contributed by atoms with E-state index in [4.69, 9.17) is 9.47 Å². The highest BCUT2D eigenvalue weighted by Gasteiger charge is 2.26. The molecule has 2 aromatic carbocycles. The van der Waals surface area contributed by atoms with E-state index in [1.54, 1.807) is 11.8 Å². The lowest BCUT2D eigenvalue weighted by atomic mass is 10.1. The summed E-state index contributed by atoms with van der Waals surface area (Å²) in [5, 5.41) is 2.96. The van der Waals surface area contributed by atoms with Crippen LogP contribution in [0.4, 0.5) is 0 Å². The van der Waals surface area contributed by atoms with Gasteiger partial charge in [0.1, 0.15) is 19.3 Å². The van der Waals surface area contributed by atoms with Gasteiger partial charge in [-0.05, 0) is 49.9 Å². The van der Waals surface area contributed by atoms with Gasteiger partial charge in [-0.1, -0.05) is 49.2 Å². The lowest BCUT2D eigenvalue weighted by molar-refractivity contribution is -0.140. The van der Waals surface area contributed by atoms with Crippen molar-refractivity contribution in [2.45, 2.75) is 59.0 Å². The Kier molecular flexibility index (Phi) is 8.54. The van der Waals surface area contributed by atoms with E-state index in [0.717, 1.165) is 41.0 Å². The Balaban J connectivity index is 1.68. The number of hydrogen-bond donors (Lipinski definition) is 1. The summed E-state index contributed by atoms with van der Waals surface area (Å²) in [6.45, 7) is 8.04. The first-order valence-electron chi connectivity index (χ1n) is 11.5. The summed E-state index contributed by atoms with van der Waals surface area (Å²) in [7, 11) is 0. The molecular weight excluding hydrogens is 404 g/mol. The Morgan fingerprint density at radius 2 is 1.72 bits per heavy atom. The lowest BCUT2D eigenvalue weighted by Gasteiger charge is -2.29. The van der Waals surface area contributed by atoms with Crippen LogP contribution in [0.15, 0.2) is 42.5 Å². The van der Waals surface area contributed by atoms with Crippen molar-refractivity contribution in [1.82, 2.24) is 10.2 Å². The van der Waals surface area contributed by atoms with E-state index in [1.807, 2.05) is 49.4 Å². The zero-order valence-corrected chi connectivity index (χ0v) is 19.4. The molecule has 6 nitrogen and oxygen atoms in total. The Labute approximate surface area is 190 Å². The number of hydrogen-bond acceptors (Lipinski definition) is 4. The van der Waals surface area contributed by atoms with Crippen LogP contribution >= 0.6 is 0 Å². The van der Waals surface area contributed by atoms with Crippen LogP contribution < -0.4 is 14.8 Å². The number of fused-ring (bicyclic) bond motifs is 1. The van der Waals surface area contributed by atoms with Crippen LogP contribution in [-0.4, -0.2) is 42.5 Å². The van der Waals surface area contributed by atoms with E-state index in [0.29, 0.717) is 39.1 Å². The Morgan fingerprint density at radius 3 is 2.44 bits per heavy atom. The standard InChI is InChI=1S/C26H34N2O4/c1-4-5-14-27-26(30)20(3)28(18-22-8-6-19(2)7-9-22)25(29)13-11-21-10-12-23-24(17-21)32-16-15-31-23/h6-10,12,17,20H,4-5,11,13-16,18H2,1-3H3,(H,27,30)/t20-/m1/s1. The Hall–Kier alpha value is -3.02. The van der Waals surface area contributed by atoms with Crippen molar-refractivity contribution in [1.29, 1.82) is 0 Å². The van der Waals surface area contributed by atoms with Gasteiger partial charge in [-0.3, -0.25) is 9.59 Å². The van der Waals surface area contributed by atoms with Crippen LogP contribution in [-0.2, 0) is 22.6 Å². The fourth-order valence-electron chi connectivity index (χ4n) is 3.65. The number of unbranched alkanes of at least 4 members (excludes halogenated alkanes) is 1. The van der Waals surface area contributed by atoms with E-state index in [1.165, 1.54) is 0 Å². The molecule has 32 heavy (non-hydrogen) atoms. The maximum atomic E-state index is 13.2. The summed E-state index contributed by atoms with van der Waals surface area (Å²) in [6, 6.07) is 13.3. The number of carbonyl (C=O) groups is 2. The molecule has 6 heteroatoms. The summed E-state index contributed by atoms with van der Waals surface area (Å²) in [4.78, 5) is 27.6. The number of rotatable bonds is 10. The smallest absolute Gasteiger partial charge is 0.242 e. The average molecular weight is 439 g/mol. The summed E-state index contributed by atoms with van der Waals surface area (Å²) in [5.74, 6) is 1.31. The minimum absolute atomic E-state index is 0.0430. The molecule has 2 amide bonds. The molecule has 3 rings (SSSR count). The molecule has 0 unspecified atom stereocenters. The molecule has 0 bridgehead atoms. The highest BCUT2D eigenvalue weighted by molar-refractivity contribution is 5.87. The molecule has 0 aliphatic carbocycles. The fraction of sp³-hybridized carbons (Fsp3) is 0.462. The molecule has 1 aliphatic rings. The number of nitrogens with one attached hydrogen (secondary N) is 1. The molecule has 172 valence electrons. The van der Waals surface area contributed by atoms with Crippen LogP contribution in [0.1, 0.15) is 49.8 Å². The Morgan fingerprint density at radius 1 is 1.03 bits per heavy atom. The van der Waals surface area contributed by atoms with Crippen LogP contribution in [0, 0.1) is 6.92 Å². The zero-order valence-electron chi connectivity index (χ0n) is 19.4. The molecule has 0 spiro atoms. The van der Waals surface area contributed by atoms with Crippen molar-refractivity contribution in [2.75, 3.05) is 19.8 Å². The van der Waals surface area contributed by atoms with Gasteiger partial charge in [0, 0.05) is 19.5 Å². The molecule has 0 radical (unpaired) electrons. The van der Waals surface area contributed by atoms with Crippen LogP contribution in [0.25, 0.3) is 0 Å². The van der Waals surface area contributed by atoms with Gasteiger partial charge in [-0.25, -0.2) is 0 Å². The molecule has 1 heterocycles.